The molecule has 0 atom stereocenters. The lowest BCUT2D eigenvalue weighted by Crippen LogP contribution is -2.30. The van der Waals surface area contributed by atoms with Crippen molar-refractivity contribution in [1.29, 1.82) is 0 Å². The largest absolute Gasteiger partial charge is 0.493 e. The van der Waals surface area contributed by atoms with E-state index >= 15 is 0 Å². The van der Waals surface area contributed by atoms with E-state index in [2.05, 4.69) is 20.2 Å². The molecule has 0 radical (unpaired) electrons. The number of sulfonamides is 1. The molecule has 3 rings (SSSR count). The predicted molar refractivity (Wildman–Crippen MR) is 108 cm³/mol. The van der Waals surface area contributed by atoms with Crippen molar-refractivity contribution in [2.75, 3.05) is 13.1 Å². The summed E-state index contributed by atoms with van der Waals surface area (Å²) in [6, 6.07) is 6.87. The highest BCUT2D eigenvalue weighted by atomic mass is 32.2. The third-order valence-corrected chi connectivity index (χ3v) is 6.55. The number of nitrogens with zero attached hydrogens (tertiary/aromatic N) is 4. The Morgan fingerprint density at radius 3 is 2.46 bits per heavy atom. The van der Waals surface area contributed by atoms with Crippen molar-refractivity contribution in [3.05, 3.63) is 41.6 Å². The van der Waals surface area contributed by atoms with Crippen LogP contribution in [0.2, 0.25) is 0 Å². The second-order valence-corrected chi connectivity index (χ2v) is 8.41. The highest BCUT2D eigenvalue weighted by Gasteiger charge is 2.21. The van der Waals surface area contributed by atoms with Crippen molar-refractivity contribution in [2.24, 2.45) is 10.2 Å². The number of aromatic hydroxyl groups is 1. The number of rotatable bonds is 6. The summed E-state index contributed by atoms with van der Waals surface area (Å²) in [5, 5.41) is 19.1. The molecule has 9 heteroatoms. The molecule has 0 bridgehead atoms. The molecule has 0 saturated carbocycles. The van der Waals surface area contributed by atoms with Gasteiger partial charge in [0.15, 0.2) is 11.5 Å². The van der Waals surface area contributed by atoms with Crippen LogP contribution in [0.3, 0.4) is 0 Å². The molecular weight excluding hydrogens is 378 g/mol. The molecule has 0 unspecified atom stereocenters. The monoisotopic (exact) mass is 401 g/mol. The van der Waals surface area contributed by atoms with E-state index in [1.807, 2.05) is 26.0 Å². The van der Waals surface area contributed by atoms with Gasteiger partial charge in [-0.25, -0.2) is 13.4 Å². The first kappa shape index (κ1) is 20.0. The van der Waals surface area contributed by atoms with Crippen LogP contribution in [-0.2, 0) is 10.0 Å². The first-order valence-corrected chi connectivity index (χ1v) is 10.4. The molecule has 2 heterocycles. The smallest absolute Gasteiger partial charge is 0.244 e. The van der Waals surface area contributed by atoms with Crippen LogP contribution in [0.15, 0.2) is 45.6 Å². The molecule has 3 aromatic rings. The summed E-state index contributed by atoms with van der Waals surface area (Å²) >= 11 is 0. The number of H-pyrrole nitrogens is 1. The van der Waals surface area contributed by atoms with Gasteiger partial charge in [-0.3, -0.25) is 0 Å². The summed E-state index contributed by atoms with van der Waals surface area (Å²) in [6.07, 6.45) is 1.27. The fourth-order valence-electron chi connectivity index (χ4n) is 3.12. The molecule has 28 heavy (non-hydrogen) atoms. The Kier molecular flexibility index (Phi) is 5.48. The van der Waals surface area contributed by atoms with Crippen molar-refractivity contribution >= 4 is 32.4 Å². The van der Waals surface area contributed by atoms with E-state index in [1.165, 1.54) is 22.6 Å². The number of benzene rings is 1. The molecule has 0 saturated heterocycles. The van der Waals surface area contributed by atoms with Crippen LogP contribution < -0.4 is 0 Å². The summed E-state index contributed by atoms with van der Waals surface area (Å²) in [5.41, 5.74) is 3.16. The van der Waals surface area contributed by atoms with Gasteiger partial charge in [0.25, 0.3) is 0 Å². The molecule has 0 aliphatic rings. The highest BCUT2D eigenvalue weighted by molar-refractivity contribution is 7.89. The van der Waals surface area contributed by atoms with E-state index in [4.69, 9.17) is 0 Å². The molecular formula is C19H23N5O3S. The van der Waals surface area contributed by atoms with Crippen molar-refractivity contribution in [3.63, 3.8) is 0 Å². The zero-order valence-electron chi connectivity index (χ0n) is 16.3. The molecule has 2 N–H and O–H groups in total. The first-order valence-electron chi connectivity index (χ1n) is 8.97. The Hall–Kier alpha value is -2.78. The third-order valence-electron chi connectivity index (χ3n) is 4.52. The molecule has 0 aliphatic carbocycles. The van der Waals surface area contributed by atoms with E-state index in [-0.39, 0.29) is 16.6 Å². The number of hydrogen-bond acceptors (Lipinski definition) is 6. The summed E-state index contributed by atoms with van der Waals surface area (Å²) < 4.78 is 26.4. The number of pyridine rings is 1. The van der Waals surface area contributed by atoms with Crippen LogP contribution in [-0.4, -0.2) is 40.9 Å². The lowest BCUT2D eigenvalue weighted by atomic mass is 10.1. The number of aryl methyl sites for hydroxylation is 2. The van der Waals surface area contributed by atoms with Crippen LogP contribution >= 0.6 is 0 Å². The lowest BCUT2D eigenvalue weighted by Gasteiger charge is -2.17. The van der Waals surface area contributed by atoms with E-state index in [1.54, 1.807) is 13.8 Å². The van der Waals surface area contributed by atoms with Gasteiger partial charge >= 0.3 is 0 Å². The molecule has 148 valence electrons. The zero-order valence-corrected chi connectivity index (χ0v) is 17.1. The second kappa shape index (κ2) is 7.69. The van der Waals surface area contributed by atoms with E-state index < -0.39 is 10.0 Å². The molecule has 1 aromatic carbocycles. The van der Waals surface area contributed by atoms with Crippen LogP contribution in [0.1, 0.15) is 25.0 Å². The maximum absolute atomic E-state index is 12.5. The van der Waals surface area contributed by atoms with Crippen molar-refractivity contribution < 1.29 is 13.5 Å². The topological polar surface area (TPSA) is 111 Å². The van der Waals surface area contributed by atoms with E-state index in [0.717, 1.165) is 22.0 Å². The van der Waals surface area contributed by atoms with Crippen molar-refractivity contribution in [2.45, 2.75) is 32.6 Å². The lowest BCUT2D eigenvalue weighted by molar-refractivity contribution is 0.445. The second-order valence-electron chi connectivity index (χ2n) is 6.47. The minimum Gasteiger partial charge on any atom is -0.493 e. The first-order chi connectivity index (χ1) is 13.3. The Morgan fingerprint density at radius 2 is 1.86 bits per heavy atom. The number of azo groups is 1. The number of aromatic amines is 1. The van der Waals surface area contributed by atoms with Gasteiger partial charge in [-0.1, -0.05) is 25.5 Å². The summed E-state index contributed by atoms with van der Waals surface area (Å²) in [4.78, 5) is 7.10. The van der Waals surface area contributed by atoms with Crippen molar-refractivity contribution in [1.82, 2.24) is 14.3 Å². The van der Waals surface area contributed by atoms with Crippen LogP contribution in [0, 0.1) is 13.8 Å². The van der Waals surface area contributed by atoms with Gasteiger partial charge in [0.1, 0.15) is 4.90 Å². The van der Waals surface area contributed by atoms with E-state index in [0.29, 0.717) is 18.8 Å². The number of aromatic nitrogens is 2. The Labute approximate surface area is 164 Å². The van der Waals surface area contributed by atoms with Gasteiger partial charge in [-0.05, 0) is 37.6 Å². The quantitative estimate of drug-likeness (QED) is 0.599. The van der Waals surface area contributed by atoms with E-state index in [9.17, 15) is 13.5 Å². The Balaban J connectivity index is 1.92. The van der Waals surface area contributed by atoms with Gasteiger partial charge in [0.2, 0.25) is 15.9 Å². The van der Waals surface area contributed by atoms with Gasteiger partial charge in [0, 0.05) is 24.7 Å². The van der Waals surface area contributed by atoms with Crippen LogP contribution in [0.4, 0.5) is 11.5 Å². The van der Waals surface area contributed by atoms with Gasteiger partial charge in [0.05, 0.1) is 5.52 Å². The number of nitrogens with one attached hydrogen (secondary N) is 1. The molecule has 8 nitrogen and oxygen atoms in total. The van der Waals surface area contributed by atoms with Gasteiger partial charge in [-0.15, -0.1) is 10.2 Å². The zero-order chi connectivity index (χ0) is 20.5. The Morgan fingerprint density at radius 1 is 1.14 bits per heavy atom. The fourth-order valence-corrected chi connectivity index (χ4v) is 4.53. The normalized spacial score (nSPS) is 12.5. The minimum absolute atomic E-state index is 0.0758. The standard InChI is InChI=1S/C19H23N5O3S/c1-5-24(6-2)28(26,27)14-7-8-16(20-11-14)22-23-18-15-10-12(3)9-13(4)17(15)21-19(18)25/h7-11,21,25H,5-6H2,1-4H3. The van der Waals surface area contributed by atoms with Crippen molar-refractivity contribution in [3.8, 4) is 5.88 Å². The highest BCUT2D eigenvalue weighted by Crippen LogP contribution is 2.38. The number of fused-ring (bicyclic) bond motifs is 1. The molecule has 0 amide bonds. The summed E-state index contributed by atoms with van der Waals surface area (Å²) in [7, 11) is -3.57. The molecule has 2 aromatic heterocycles. The fraction of sp³-hybridized carbons (Fsp3) is 0.316. The molecule has 0 aliphatic heterocycles. The van der Waals surface area contributed by atoms with Crippen LogP contribution in [0.5, 0.6) is 5.88 Å². The maximum atomic E-state index is 12.5. The molecule has 0 fully saturated rings. The minimum atomic E-state index is -3.57. The average molecular weight is 401 g/mol. The third kappa shape index (κ3) is 3.63. The number of hydrogen-bond donors (Lipinski definition) is 2. The summed E-state index contributed by atoms with van der Waals surface area (Å²) in [5.74, 6) is 0.171. The summed E-state index contributed by atoms with van der Waals surface area (Å²) in [6.45, 7) is 8.26. The van der Waals surface area contributed by atoms with Gasteiger partial charge < -0.3 is 10.1 Å². The van der Waals surface area contributed by atoms with Crippen LogP contribution in [0.25, 0.3) is 10.9 Å². The SMILES string of the molecule is CCN(CC)S(=O)(=O)c1ccc(N=Nc2c(O)[nH]c3c(C)cc(C)cc23)nc1. The maximum Gasteiger partial charge on any atom is 0.244 e. The molecule has 0 spiro atoms. The Bertz CT molecular complexity index is 1130. The average Bonchev–Trinajstić information content (AvgIpc) is 2.97. The van der Waals surface area contributed by atoms with Gasteiger partial charge in [-0.2, -0.15) is 4.31 Å². The predicted octanol–water partition coefficient (Wildman–Crippen LogP) is 4.33.